The van der Waals surface area contributed by atoms with Gasteiger partial charge in [0.1, 0.15) is 24.1 Å². The molecule has 0 radical (unpaired) electrons. The van der Waals surface area contributed by atoms with E-state index < -0.39 is 30.1 Å². The number of unbranched alkanes of at least 4 members (excludes halogenated alkanes) is 2. The number of aromatic hydroxyl groups is 1. The summed E-state index contributed by atoms with van der Waals surface area (Å²) in [6.07, 6.45) is 10.5. The number of nitrogens with zero attached hydrogens (tertiary/aromatic N) is 2. The second-order valence-corrected chi connectivity index (χ2v) is 14.3. The van der Waals surface area contributed by atoms with Crippen LogP contribution < -0.4 is 4.74 Å². The minimum absolute atomic E-state index is 0.0630. The largest absolute Gasteiger partial charge is 0.508 e. The molecule has 282 valence electrons. The van der Waals surface area contributed by atoms with Crippen molar-refractivity contribution in [3.63, 3.8) is 0 Å². The zero-order valence-electron chi connectivity index (χ0n) is 30.2. The topological polar surface area (TPSA) is 140 Å². The molecule has 6 rings (SSSR count). The van der Waals surface area contributed by atoms with Crippen molar-refractivity contribution >= 4 is 11.8 Å². The molecule has 52 heavy (non-hydrogen) atoms. The molecule has 2 aromatic rings. The molecule has 2 fully saturated rings. The number of ether oxygens (including phenoxy) is 4. The number of phenolic OH excluding ortho intramolecular Hbond substituents is 1. The Balaban J connectivity index is 1.49. The van der Waals surface area contributed by atoms with Gasteiger partial charge in [-0.1, -0.05) is 60.5 Å². The molecule has 1 saturated carbocycles. The molecule has 0 aromatic heterocycles. The van der Waals surface area contributed by atoms with Crippen molar-refractivity contribution in [3.8, 4) is 11.5 Å². The Morgan fingerprint density at radius 1 is 1.08 bits per heavy atom. The Bertz CT molecular complexity index is 1560. The SMILES string of the molecule is C=CCOC12Oc3ccc(O)cc3C3C(CCCCO)C(CCCCO)C=C(C(=NOC4CCCCO4)CC1N(C)C(=O)OCc1ccccc1)C32. The Hall–Kier alpha value is -3.90. The molecule has 0 spiro atoms. The van der Waals surface area contributed by atoms with Gasteiger partial charge in [0.15, 0.2) is 0 Å². The summed E-state index contributed by atoms with van der Waals surface area (Å²) in [5.41, 5.74) is 3.34. The maximum Gasteiger partial charge on any atom is 0.410 e. The monoisotopic (exact) mass is 718 g/mol. The first-order valence-corrected chi connectivity index (χ1v) is 18.9. The Morgan fingerprint density at radius 3 is 2.60 bits per heavy atom. The third kappa shape index (κ3) is 8.17. The highest BCUT2D eigenvalue weighted by molar-refractivity contribution is 6.02. The number of carbonyl (C=O) groups is 1. The van der Waals surface area contributed by atoms with Crippen LogP contribution in [0.2, 0.25) is 0 Å². The summed E-state index contributed by atoms with van der Waals surface area (Å²) < 4.78 is 25.7. The van der Waals surface area contributed by atoms with E-state index in [1.54, 1.807) is 36.2 Å². The lowest BCUT2D eigenvalue weighted by Gasteiger charge is -2.59. The molecule has 11 heteroatoms. The number of carbonyl (C=O) groups excluding carboxylic acids is 1. The third-order valence-corrected chi connectivity index (χ3v) is 11.0. The van der Waals surface area contributed by atoms with Crippen LogP contribution >= 0.6 is 0 Å². The highest BCUT2D eigenvalue weighted by atomic mass is 16.8. The normalized spacial score (nSPS) is 28.5. The summed E-state index contributed by atoms with van der Waals surface area (Å²) in [4.78, 5) is 21.7. The van der Waals surface area contributed by atoms with E-state index in [0.717, 1.165) is 61.6 Å². The van der Waals surface area contributed by atoms with Crippen LogP contribution in [0, 0.1) is 17.8 Å². The van der Waals surface area contributed by atoms with Gasteiger partial charge in [-0.05, 0) is 79.7 Å². The van der Waals surface area contributed by atoms with Crippen molar-refractivity contribution in [1.29, 1.82) is 0 Å². The predicted molar refractivity (Wildman–Crippen MR) is 196 cm³/mol. The maximum atomic E-state index is 14.0. The first kappa shape index (κ1) is 37.8. The molecule has 7 atom stereocenters. The number of hydrogen-bond acceptors (Lipinski definition) is 10. The van der Waals surface area contributed by atoms with Gasteiger partial charge >= 0.3 is 6.09 Å². The number of hydrogen-bond donors (Lipinski definition) is 3. The van der Waals surface area contributed by atoms with Crippen LogP contribution in [-0.2, 0) is 25.7 Å². The second-order valence-electron chi connectivity index (χ2n) is 14.3. The van der Waals surface area contributed by atoms with E-state index in [-0.39, 0.29) is 56.4 Å². The van der Waals surface area contributed by atoms with E-state index in [2.05, 4.69) is 12.7 Å². The van der Waals surface area contributed by atoms with E-state index >= 15 is 0 Å². The molecule has 1 saturated heterocycles. The van der Waals surface area contributed by atoms with Crippen LogP contribution in [0.1, 0.15) is 81.3 Å². The zero-order chi connectivity index (χ0) is 36.5. The van der Waals surface area contributed by atoms with Gasteiger partial charge in [-0.15, -0.1) is 6.58 Å². The number of rotatable bonds is 16. The third-order valence-electron chi connectivity index (χ3n) is 11.0. The van der Waals surface area contributed by atoms with Gasteiger partial charge < -0.3 is 44.0 Å². The van der Waals surface area contributed by atoms with Crippen molar-refractivity contribution in [3.05, 3.63) is 84.0 Å². The van der Waals surface area contributed by atoms with Gasteiger partial charge in [0.25, 0.3) is 0 Å². The fourth-order valence-corrected chi connectivity index (χ4v) is 8.60. The van der Waals surface area contributed by atoms with Crippen LogP contribution in [0.15, 0.2) is 78.0 Å². The van der Waals surface area contributed by atoms with Gasteiger partial charge in [0.05, 0.1) is 24.8 Å². The zero-order valence-corrected chi connectivity index (χ0v) is 30.2. The summed E-state index contributed by atoms with van der Waals surface area (Å²) in [6, 6.07) is 14.0. The molecular formula is C41H54N2O9. The molecule has 3 N–H and O–H groups in total. The number of phenols is 1. The van der Waals surface area contributed by atoms with E-state index in [0.29, 0.717) is 30.9 Å². The fourth-order valence-electron chi connectivity index (χ4n) is 8.60. The molecule has 7 unspecified atom stereocenters. The van der Waals surface area contributed by atoms with Gasteiger partial charge in [-0.25, -0.2) is 4.79 Å². The summed E-state index contributed by atoms with van der Waals surface area (Å²) in [5, 5.41) is 35.2. The summed E-state index contributed by atoms with van der Waals surface area (Å²) in [7, 11) is 1.71. The summed E-state index contributed by atoms with van der Waals surface area (Å²) in [6.45, 7) is 5.03. The van der Waals surface area contributed by atoms with E-state index in [9.17, 15) is 20.1 Å². The number of allylic oxidation sites excluding steroid dienone is 1. The van der Waals surface area contributed by atoms with Crippen LogP contribution in [0.25, 0.3) is 0 Å². The van der Waals surface area contributed by atoms with E-state index in [1.807, 2.05) is 30.3 Å². The highest BCUT2D eigenvalue weighted by Gasteiger charge is 2.65. The number of aliphatic hydroxyl groups excluding tert-OH is 2. The standard InChI is InChI=1S/C41H54N2O9/c1-3-22-50-41-36(43(2)40(47)49-27-28-13-5-4-6-14-28)26-34(42-52-37-17-9-12-23-48-37)32-24-29(15-7-10-20-44)31(16-8-11-21-45)38(39(32)41)33-25-30(46)18-19-35(33)51-41/h3-6,13-14,18-19,24-25,29,31,36-39,44-46H,1,7-12,15-17,20-23,26-27H2,2H3. The predicted octanol–water partition coefficient (Wildman–Crippen LogP) is 6.82. The molecule has 0 bridgehead atoms. The molecule has 11 nitrogen and oxygen atoms in total. The first-order chi connectivity index (χ1) is 25.4. The number of fused-ring (bicyclic) bond motifs is 2. The molecule has 2 aromatic carbocycles. The molecule has 1 amide bonds. The lowest BCUT2D eigenvalue weighted by molar-refractivity contribution is -0.254. The molecular weight excluding hydrogens is 664 g/mol. The second kappa shape index (κ2) is 17.7. The van der Waals surface area contributed by atoms with Crippen LogP contribution in [0.5, 0.6) is 11.5 Å². The minimum atomic E-state index is -1.39. The highest BCUT2D eigenvalue weighted by Crippen LogP contribution is 2.61. The van der Waals surface area contributed by atoms with Crippen LogP contribution in [-0.4, -0.2) is 83.6 Å². The first-order valence-electron chi connectivity index (χ1n) is 18.9. The van der Waals surface area contributed by atoms with Crippen molar-refractivity contribution in [2.75, 3.05) is 33.5 Å². The van der Waals surface area contributed by atoms with E-state index in [1.165, 1.54) is 0 Å². The quantitative estimate of drug-likeness (QED) is 0.0970. The number of likely N-dealkylation sites (N-methyl/N-ethyl adjacent to an activating group) is 1. The van der Waals surface area contributed by atoms with Crippen molar-refractivity contribution in [2.24, 2.45) is 22.9 Å². The number of aliphatic hydroxyl groups is 2. The smallest absolute Gasteiger partial charge is 0.410 e. The van der Waals surface area contributed by atoms with Gasteiger partial charge in [-0.3, -0.25) is 0 Å². The fraction of sp³-hybridized carbons (Fsp3) is 0.561. The molecule has 2 aliphatic carbocycles. The Morgan fingerprint density at radius 2 is 1.87 bits per heavy atom. The number of amides is 1. The minimum Gasteiger partial charge on any atom is -0.508 e. The molecule has 4 aliphatic rings. The maximum absolute atomic E-state index is 14.0. The molecule has 2 aliphatic heterocycles. The van der Waals surface area contributed by atoms with E-state index in [4.69, 9.17) is 28.9 Å². The van der Waals surface area contributed by atoms with Crippen molar-refractivity contribution < 1.29 is 43.9 Å². The average Bonchev–Trinajstić information content (AvgIpc) is 3.17. The van der Waals surface area contributed by atoms with Gasteiger partial charge in [-0.2, -0.15) is 0 Å². The number of benzene rings is 2. The summed E-state index contributed by atoms with van der Waals surface area (Å²) in [5.74, 6) is -1.21. The van der Waals surface area contributed by atoms with Crippen molar-refractivity contribution in [2.45, 2.75) is 94.9 Å². The van der Waals surface area contributed by atoms with Crippen LogP contribution in [0.4, 0.5) is 4.79 Å². The summed E-state index contributed by atoms with van der Waals surface area (Å²) >= 11 is 0. The Labute approximate surface area is 306 Å². The van der Waals surface area contributed by atoms with Gasteiger partial charge in [0.2, 0.25) is 12.1 Å². The average molecular weight is 719 g/mol. The lowest BCUT2D eigenvalue weighted by atomic mass is 9.55. The van der Waals surface area contributed by atoms with Crippen LogP contribution in [0.3, 0.4) is 0 Å². The number of oxime groups is 1. The van der Waals surface area contributed by atoms with Gasteiger partial charge in [0, 0.05) is 44.6 Å². The van der Waals surface area contributed by atoms with Crippen molar-refractivity contribution in [1.82, 2.24) is 4.90 Å². The molecule has 2 heterocycles. The lowest BCUT2D eigenvalue weighted by Crippen LogP contribution is -2.69. The Kier molecular flexibility index (Phi) is 12.9.